The number of ether oxygens (including phenoxy) is 2. The van der Waals surface area contributed by atoms with Crippen LogP contribution in [0.2, 0.25) is 5.02 Å². The van der Waals surface area contributed by atoms with Crippen molar-refractivity contribution in [3.8, 4) is 11.5 Å². The number of amides is 1. The van der Waals surface area contributed by atoms with Crippen LogP contribution in [0.4, 0.5) is 5.69 Å². The van der Waals surface area contributed by atoms with Crippen molar-refractivity contribution in [2.45, 2.75) is 26.1 Å². The number of carbonyl (C=O) groups excluding carboxylic acids is 1. The molecule has 6 heteroatoms. The molecular weight excluding hydrogens is 454 g/mol. The van der Waals surface area contributed by atoms with Crippen molar-refractivity contribution in [1.29, 1.82) is 0 Å². The molecule has 0 aromatic heterocycles. The minimum absolute atomic E-state index is 0.254. The molecule has 0 aliphatic carbocycles. The second-order valence-electron chi connectivity index (χ2n) is 6.96. The molecule has 4 nitrogen and oxygen atoms in total. The third-order valence-corrected chi connectivity index (χ3v) is 4.95. The van der Waals surface area contributed by atoms with Crippen molar-refractivity contribution in [3.63, 3.8) is 0 Å². The van der Waals surface area contributed by atoms with Gasteiger partial charge in [-0.05, 0) is 80.1 Å². The van der Waals surface area contributed by atoms with Crippen LogP contribution in [0.15, 0.2) is 77.3 Å². The molecule has 0 spiro atoms. The summed E-state index contributed by atoms with van der Waals surface area (Å²) in [5.74, 6) is 1.05. The van der Waals surface area contributed by atoms with E-state index in [0.29, 0.717) is 23.1 Å². The fraction of sp³-hybridized carbons (Fsp3) is 0.174. The zero-order chi connectivity index (χ0) is 20.9. The highest BCUT2D eigenvalue weighted by atomic mass is 79.9. The fourth-order valence-corrected chi connectivity index (χ4v) is 2.90. The first-order valence-corrected chi connectivity index (χ1v) is 10.2. The molecule has 0 radical (unpaired) electrons. The monoisotopic (exact) mass is 473 g/mol. The summed E-state index contributed by atoms with van der Waals surface area (Å²) in [5.41, 5.74) is 0.690. The van der Waals surface area contributed by atoms with Gasteiger partial charge in [0.1, 0.15) is 18.1 Å². The molecule has 3 rings (SSSR count). The van der Waals surface area contributed by atoms with E-state index in [9.17, 15) is 4.79 Å². The standard InChI is InChI=1S/C23H21BrClNO3/c1-23(2,29-21-11-7-18(25)8-12-21)22(27)26-19-9-13-20(14-10-19)28-15-16-3-5-17(24)6-4-16/h3-14H,15H2,1-2H3,(H,26,27). The van der Waals surface area contributed by atoms with Gasteiger partial charge >= 0.3 is 0 Å². The second-order valence-corrected chi connectivity index (χ2v) is 8.31. The normalized spacial score (nSPS) is 11.0. The molecule has 0 heterocycles. The summed E-state index contributed by atoms with van der Waals surface area (Å²) < 4.78 is 12.6. The van der Waals surface area contributed by atoms with Crippen LogP contribution >= 0.6 is 27.5 Å². The highest BCUT2D eigenvalue weighted by molar-refractivity contribution is 9.10. The van der Waals surface area contributed by atoms with Crippen LogP contribution in [0.25, 0.3) is 0 Å². The van der Waals surface area contributed by atoms with Gasteiger partial charge in [0.2, 0.25) is 0 Å². The van der Waals surface area contributed by atoms with Crippen molar-refractivity contribution >= 4 is 39.1 Å². The van der Waals surface area contributed by atoms with E-state index in [0.717, 1.165) is 15.8 Å². The quantitative estimate of drug-likeness (QED) is 0.426. The maximum absolute atomic E-state index is 12.6. The molecule has 3 aromatic rings. The van der Waals surface area contributed by atoms with Gasteiger partial charge in [-0.25, -0.2) is 0 Å². The van der Waals surface area contributed by atoms with Crippen LogP contribution in [0, 0.1) is 0 Å². The first-order valence-electron chi connectivity index (χ1n) is 9.05. The van der Waals surface area contributed by atoms with Crippen LogP contribution in [0.5, 0.6) is 11.5 Å². The zero-order valence-electron chi connectivity index (χ0n) is 16.1. The molecule has 0 unspecified atom stereocenters. The summed E-state index contributed by atoms with van der Waals surface area (Å²) in [4.78, 5) is 12.6. The molecule has 1 amide bonds. The minimum Gasteiger partial charge on any atom is -0.489 e. The van der Waals surface area contributed by atoms with Gasteiger partial charge in [0.15, 0.2) is 5.60 Å². The highest BCUT2D eigenvalue weighted by Gasteiger charge is 2.30. The Hall–Kier alpha value is -2.50. The smallest absolute Gasteiger partial charge is 0.267 e. The molecule has 0 saturated heterocycles. The number of carbonyl (C=O) groups is 1. The lowest BCUT2D eigenvalue weighted by Crippen LogP contribution is -2.42. The van der Waals surface area contributed by atoms with Crippen LogP contribution in [0.3, 0.4) is 0 Å². The average molecular weight is 475 g/mol. The van der Waals surface area contributed by atoms with Crippen molar-refractivity contribution in [2.24, 2.45) is 0 Å². The first-order chi connectivity index (χ1) is 13.8. The third-order valence-electron chi connectivity index (χ3n) is 4.16. The molecule has 0 aliphatic heterocycles. The number of benzene rings is 3. The van der Waals surface area contributed by atoms with Crippen molar-refractivity contribution in [3.05, 3.63) is 87.9 Å². The predicted molar refractivity (Wildman–Crippen MR) is 120 cm³/mol. The van der Waals surface area contributed by atoms with Crippen LogP contribution in [0.1, 0.15) is 19.4 Å². The SMILES string of the molecule is CC(C)(Oc1ccc(Cl)cc1)C(=O)Nc1ccc(OCc2ccc(Br)cc2)cc1. The molecule has 0 aliphatic rings. The predicted octanol–water partition coefficient (Wildman–Crippen LogP) is 6.48. The summed E-state index contributed by atoms with van der Waals surface area (Å²) in [5, 5.41) is 3.48. The third kappa shape index (κ3) is 6.24. The number of rotatable bonds is 7. The number of nitrogens with one attached hydrogen (secondary N) is 1. The van der Waals surface area contributed by atoms with Crippen LogP contribution in [-0.4, -0.2) is 11.5 Å². The van der Waals surface area contributed by atoms with Crippen molar-refractivity contribution in [1.82, 2.24) is 0 Å². The molecule has 29 heavy (non-hydrogen) atoms. The zero-order valence-corrected chi connectivity index (χ0v) is 18.5. The number of halogens is 2. The highest BCUT2D eigenvalue weighted by Crippen LogP contribution is 2.23. The molecule has 0 saturated carbocycles. The Kier molecular flexibility index (Phi) is 6.83. The lowest BCUT2D eigenvalue weighted by atomic mass is 10.1. The Balaban J connectivity index is 1.55. The molecule has 1 N–H and O–H groups in total. The molecule has 3 aromatic carbocycles. The molecule has 0 atom stereocenters. The lowest BCUT2D eigenvalue weighted by Gasteiger charge is -2.25. The van der Waals surface area contributed by atoms with Gasteiger partial charge < -0.3 is 14.8 Å². The average Bonchev–Trinajstić information content (AvgIpc) is 2.70. The Bertz CT molecular complexity index is 955. The van der Waals surface area contributed by atoms with Gasteiger partial charge in [-0.15, -0.1) is 0 Å². The van der Waals surface area contributed by atoms with E-state index in [2.05, 4.69) is 21.2 Å². The maximum atomic E-state index is 12.6. The lowest BCUT2D eigenvalue weighted by molar-refractivity contribution is -0.128. The molecule has 0 bridgehead atoms. The van der Waals surface area contributed by atoms with Gasteiger partial charge in [0, 0.05) is 15.2 Å². The van der Waals surface area contributed by atoms with Crippen molar-refractivity contribution < 1.29 is 14.3 Å². The second kappa shape index (κ2) is 9.33. The van der Waals surface area contributed by atoms with Gasteiger partial charge in [-0.3, -0.25) is 4.79 Å². The Morgan fingerprint density at radius 2 is 1.52 bits per heavy atom. The van der Waals surface area contributed by atoms with Gasteiger partial charge in [0.05, 0.1) is 0 Å². The minimum atomic E-state index is -1.05. The van der Waals surface area contributed by atoms with Crippen molar-refractivity contribution in [2.75, 3.05) is 5.32 Å². The van der Waals surface area contributed by atoms with E-state index >= 15 is 0 Å². The maximum Gasteiger partial charge on any atom is 0.267 e. The topological polar surface area (TPSA) is 47.6 Å². The summed E-state index contributed by atoms with van der Waals surface area (Å²) in [6.07, 6.45) is 0. The van der Waals surface area contributed by atoms with Gasteiger partial charge in [-0.2, -0.15) is 0 Å². The summed E-state index contributed by atoms with van der Waals surface area (Å²) >= 11 is 9.30. The Morgan fingerprint density at radius 3 is 2.14 bits per heavy atom. The van der Waals surface area contributed by atoms with Crippen LogP contribution in [-0.2, 0) is 11.4 Å². The van der Waals surface area contributed by atoms with E-state index < -0.39 is 5.60 Å². The Morgan fingerprint density at radius 1 is 0.931 bits per heavy atom. The van der Waals surface area contributed by atoms with E-state index in [1.54, 1.807) is 50.2 Å². The summed E-state index contributed by atoms with van der Waals surface area (Å²) in [6, 6.07) is 22.1. The van der Waals surface area contributed by atoms with E-state index in [-0.39, 0.29) is 5.91 Å². The molecule has 0 fully saturated rings. The van der Waals surface area contributed by atoms with Gasteiger partial charge in [0.25, 0.3) is 5.91 Å². The number of hydrogen-bond acceptors (Lipinski definition) is 3. The summed E-state index contributed by atoms with van der Waals surface area (Å²) in [7, 11) is 0. The van der Waals surface area contributed by atoms with Crippen LogP contribution < -0.4 is 14.8 Å². The molecule has 150 valence electrons. The summed E-state index contributed by atoms with van der Waals surface area (Å²) in [6.45, 7) is 3.90. The van der Waals surface area contributed by atoms with E-state index in [4.69, 9.17) is 21.1 Å². The van der Waals surface area contributed by atoms with E-state index in [1.165, 1.54) is 0 Å². The largest absolute Gasteiger partial charge is 0.489 e. The molecular formula is C23H21BrClNO3. The van der Waals surface area contributed by atoms with E-state index in [1.807, 2.05) is 36.4 Å². The van der Waals surface area contributed by atoms with Gasteiger partial charge in [-0.1, -0.05) is 39.7 Å². The number of anilines is 1. The number of hydrogen-bond donors (Lipinski definition) is 1. The Labute approximate surface area is 183 Å². The fourth-order valence-electron chi connectivity index (χ4n) is 2.51. The first kappa shape index (κ1) is 21.2.